The smallest absolute Gasteiger partial charge is 0.249 e. The highest BCUT2D eigenvalue weighted by molar-refractivity contribution is 5.81. The lowest BCUT2D eigenvalue weighted by Gasteiger charge is -2.34. The molecule has 8 nitrogen and oxygen atoms in total. The van der Waals surface area contributed by atoms with Crippen molar-refractivity contribution in [3.8, 4) is 0 Å². The molecule has 0 aromatic carbocycles. The van der Waals surface area contributed by atoms with Gasteiger partial charge in [0, 0.05) is 38.6 Å². The first-order valence-corrected chi connectivity index (χ1v) is 9.42. The number of likely N-dealkylation sites (tertiary alicyclic amines) is 2. The SMILES string of the molecule is COCC(=O)N1CCC(C(=O)N2CCCC2c2nc(C(C)C)no2)CC1. The van der Waals surface area contributed by atoms with Gasteiger partial charge in [-0.25, -0.2) is 0 Å². The largest absolute Gasteiger partial charge is 0.375 e. The summed E-state index contributed by atoms with van der Waals surface area (Å²) in [6, 6.07) is -0.115. The average molecular weight is 364 g/mol. The minimum Gasteiger partial charge on any atom is -0.375 e. The molecule has 2 saturated heterocycles. The maximum atomic E-state index is 13.0. The van der Waals surface area contributed by atoms with Crippen LogP contribution in [0.25, 0.3) is 0 Å². The number of hydrogen-bond donors (Lipinski definition) is 0. The molecule has 2 amide bonds. The first kappa shape index (κ1) is 18.8. The molecule has 0 radical (unpaired) electrons. The molecule has 8 heteroatoms. The normalized spacial score (nSPS) is 21.6. The lowest BCUT2D eigenvalue weighted by molar-refractivity contribution is -0.143. The summed E-state index contributed by atoms with van der Waals surface area (Å²) in [5.41, 5.74) is 0. The first-order valence-electron chi connectivity index (χ1n) is 9.42. The minimum absolute atomic E-state index is 0.00970. The van der Waals surface area contributed by atoms with Gasteiger partial charge in [0.25, 0.3) is 0 Å². The van der Waals surface area contributed by atoms with Crippen molar-refractivity contribution in [1.82, 2.24) is 19.9 Å². The van der Waals surface area contributed by atoms with E-state index in [9.17, 15) is 9.59 Å². The second-order valence-electron chi connectivity index (χ2n) is 7.42. The number of carbonyl (C=O) groups is 2. The summed E-state index contributed by atoms with van der Waals surface area (Å²) in [5.74, 6) is 1.53. The molecule has 2 fully saturated rings. The van der Waals surface area contributed by atoms with Crippen molar-refractivity contribution in [2.45, 2.75) is 51.5 Å². The van der Waals surface area contributed by atoms with E-state index in [0.717, 1.165) is 19.4 Å². The fraction of sp³-hybridized carbons (Fsp3) is 0.778. The summed E-state index contributed by atoms with van der Waals surface area (Å²) in [6.07, 6.45) is 3.19. The molecule has 26 heavy (non-hydrogen) atoms. The van der Waals surface area contributed by atoms with Crippen LogP contribution in [-0.4, -0.2) is 65.1 Å². The van der Waals surface area contributed by atoms with Gasteiger partial charge in [-0.1, -0.05) is 19.0 Å². The highest BCUT2D eigenvalue weighted by atomic mass is 16.5. The Balaban J connectivity index is 1.61. The van der Waals surface area contributed by atoms with Gasteiger partial charge in [-0.05, 0) is 25.7 Å². The molecule has 0 spiro atoms. The van der Waals surface area contributed by atoms with Crippen LogP contribution in [0.1, 0.15) is 63.2 Å². The molecule has 0 N–H and O–H groups in total. The summed E-state index contributed by atoms with van der Waals surface area (Å²) >= 11 is 0. The number of piperidine rings is 1. The summed E-state index contributed by atoms with van der Waals surface area (Å²) in [6.45, 7) is 6.08. The third kappa shape index (κ3) is 3.90. The number of ether oxygens (including phenoxy) is 1. The Morgan fingerprint density at radius 2 is 1.96 bits per heavy atom. The standard InChI is InChI=1S/C18H28N4O4/c1-12(2)16-19-17(26-20-16)14-5-4-8-22(14)18(24)13-6-9-21(10-7-13)15(23)11-25-3/h12-14H,4-11H2,1-3H3. The molecule has 3 rings (SSSR count). The number of nitrogens with zero attached hydrogens (tertiary/aromatic N) is 4. The van der Waals surface area contributed by atoms with Gasteiger partial charge in [0.05, 0.1) is 0 Å². The van der Waals surface area contributed by atoms with Crippen molar-refractivity contribution < 1.29 is 18.8 Å². The molecule has 1 atom stereocenters. The lowest BCUT2D eigenvalue weighted by Crippen LogP contribution is -2.45. The van der Waals surface area contributed by atoms with E-state index >= 15 is 0 Å². The molecular weight excluding hydrogens is 336 g/mol. The zero-order valence-corrected chi connectivity index (χ0v) is 15.8. The summed E-state index contributed by atoms with van der Waals surface area (Å²) in [7, 11) is 1.52. The van der Waals surface area contributed by atoms with Crippen molar-refractivity contribution in [1.29, 1.82) is 0 Å². The van der Waals surface area contributed by atoms with Gasteiger partial charge in [0.2, 0.25) is 17.7 Å². The Bertz CT molecular complexity index is 637. The molecule has 0 saturated carbocycles. The molecule has 0 bridgehead atoms. The third-order valence-electron chi connectivity index (χ3n) is 5.26. The van der Waals surface area contributed by atoms with Crippen molar-refractivity contribution in [3.63, 3.8) is 0 Å². The van der Waals surface area contributed by atoms with Gasteiger partial charge < -0.3 is 19.1 Å². The summed E-state index contributed by atoms with van der Waals surface area (Å²) in [4.78, 5) is 33.1. The molecule has 2 aliphatic heterocycles. The van der Waals surface area contributed by atoms with E-state index < -0.39 is 0 Å². The fourth-order valence-corrected chi connectivity index (χ4v) is 3.73. The Morgan fingerprint density at radius 3 is 2.58 bits per heavy atom. The molecule has 1 aromatic heterocycles. The van der Waals surface area contributed by atoms with Crippen molar-refractivity contribution >= 4 is 11.8 Å². The van der Waals surface area contributed by atoms with Gasteiger partial charge in [0.1, 0.15) is 12.6 Å². The van der Waals surface area contributed by atoms with Gasteiger partial charge in [-0.15, -0.1) is 0 Å². The Kier molecular flexibility index (Phi) is 5.90. The van der Waals surface area contributed by atoms with E-state index in [4.69, 9.17) is 9.26 Å². The maximum absolute atomic E-state index is 13.0. The van der Waals surface area contributed by atoms with Gasteiger partial charge in [-0.2, -0.15) is 4.98 Å². The third-order valence-corrected chi connectivity index (χ3v) is 5.26. The number of carbonyl (C=O) groups excluding carboxylic acids is 2. The van der Waals surface area contributed by atoms with E-state index in [1.807, 2.05) is 18.7 Å². The van der Waals surface area contributed by atoms with Crippen LogP contribution in [0.2, 0.25) is 0 Å². The predicted molar refractivity (Wildman–Crippen MR) is 93.3 cm³/mol. The van der Waals surface area contributed by atoms with Crippen LogP contribution in [0, 0.1) is 5.92 Å². The Morgan fingerprint density at radius 1 is 1.23 bits per heavy atom. The summed E-state index contributed by atoms with van der Waals surface area (Å²) in [5, 5.41) is 4.03. The van der Waals surface area contributed by atoms with Crippen LogP contribution in [0.5, 0.6) is 0 Å². The van der Waals surface area contributed by atoms with Crippen LogP contribution in [-0.2, 0) is 14.3 Å². The second-order valence-corrected chi connectivity index (χ2v) is 7.42. The van der Waals surface area contributed by atoms with Crippen molar-refractivity contribution in [3.05, 3.63) is 11.7 Å². The van der Waals surface area contributed by atoms with Crippen LogP contribution < -0.4 is 0 Å². The zero-order chi connectivity index (χ0) is 18.7. The Hall–Kier alpha value is -1.96. The number of rotatable bonds is 5. The molecular formula is C18H28N4O4. The highest BCUT2D eigenvalue weighted by Crippen LogP contribution is 2.34. The number of methoxy groups -OCH3 is 1. The van der Waals surface area contributed by atoms with Crippen molar-refractivity contribution in [2.75, 3.05) is 33.4 Å². The molecule has 144 valence electrons. The number of amides is 2. The topological polar surface area (TPSA) is 88.8 Å². The monoisotopic (exact) mass is 364 g/mol. The minimum atomic E-state index is -0.115. The quantitative estimate of drug-likeness (QED) is 0.791. The van der Waals surface area contributed by atoms with Gasteiger partial charge in [-0.3, -0.25) is 9.59 Å². The van der Waals surface area contributed by atoms with E-state index in [0.29, 0.717) is 37.6 Å². The lowest BCUT2D eigenvalue weighted by atomic mass is 9.95. The molecule has 2 aliphatic rings. The van der Waals surface area contributed by atoms with Crippen LogP contribution >= 0.6 is 0 Å². The van der Waals surface area contributed by atoms with E-state index in [1.54, 1.807) is 4.90 Å². The molecule has 3 heterocycles. The second kappa shape index (κ2) is 8.16. The molecule has 1 aromatic rings. The van der Waals surface area contributed by atoms with Crippen LogP contribution in [0.15, 0.2) is 4.52 Å². The molecule has 0 aliphatic carbocycles. The fourth-order valence-electron chi connectivity index (χ4n) is 3.73. The molecule has 1 unspecified atom stereocenters. The predicted octanol–water partition coefficient (Wildman–Crippen LogP) is 1.74. The van der Waals surface area contributed by atoms with Gasteiger partial charge >= 0.3 is 0 Å². The zero-order valence-electron chi connectivity index (χ0n) is 15.8. The van der Waals surface area contributed by atoms with E-state index in [1.165, 1.54) is 7.11 Å². The Labute approximate surface area is 153 Å². The van der Waals surface area contributed by atoms with Gasteiger partial charge in [0.15, 0.2) is 5.82 Å². The maximum Gasteiger partial charge on any atom is 0.249 e. The summed E-state index contributed by atoms with van der Waals surface area (Å²) < 4.78 is 10.3. The average Bonchev–Trinajstić information content (AvgIpc) is 3.30. The highest BCUT2D eigenvalue weighted by Gasteiger charge is 2.38. The number of aromatic nitrogens is 2. The van der Waals surface area contributed by atoms with Crippen LogP contribution in [0.4, 0.5) is 0 Å². The number of hydrogen-bond acceptors (Lipinski definition) is 6. The van der Waals surface area contributed by atoms with Crippen LogP contribution in [0.3, 0.4) is 0 Å². The van der Waals surface area contributed by atoms with Crippen molar-refractivity contribution in [2.24, 2.45) is 5.92 Å². The van der Waals surface area contributed by atoms with E-state index in [2.05, 4.69) is 10.1 Å². The van der Waals surface area contributed by atoms with E-state index in [-0.39, 0.29) is 36.3 Å². The first-order chi connectivity index (χ1) is 12.5.